The van der Waals surface area contributed by atoms with Crippen LogP contribution in [0, 0.1) is 0 Å². The molecule has 0 spiro atoms. The lowest BCUT2D eigenvalue weighted by molar-refractivity contribution is -0.139. The number of benzene rings is 2. The summed E-state index contributed by atoms with van der Waals surface area (Å²) in [6.07, 6.45) is 0.857. The minimum Gasteiger partial charge on any atom is -0.481 e. The van der Waals surface area contributed by atoms with Gasteiger partial charge in [0, 0.05) is 18.2 Å². The Kier molecular flexibility index (Phi) is 6.69. The molecular weight excluding hydrogens is 448 g/mol. The molecule has 5 rings (SSSR count). The van der Waals surface area contributed by atoms with Gasteiger partial charge in [0.1, 0.15) is 12.2 Å². The van der Waals surface area contributed by atoms with E-state index >= 15 is 0 Å². The summed E-state index contributed by atoms with van der Waals surface area (Å²) in [5.41, 5.74) is 4.08. The van der Waals surface area contributed by atoms with Gasteiger partial charge in [0.2, 0.25) is 11.9 Å². The zero-order chi connectivity index (χ0) is 24.2. The van der Waals surface area contributed by atoms with Gasteiger partial charge in [-0.3, -0.25) is 9.59 Å². The molecule has 4 unspecified atom stereocenters. The van der Waals surface area contributed by atoms with Gasteiger partial charge in [-0.2, -0.15) is 0 Å². The number of ether oxygens (including phenoxy) is 2. The Morgan fingerprint density at radius 1 is 0.857 bits per heavy atom. The Bertz CT molecular complexity index is 1190. The van der Waals surface area contributed by atoms with Crippen molar-refractivity contribution in [1.29, 1.82) is 0 Å². The van der Waals surface area contributed by atoms with E-state index < -0.39 is 5.97 Å². The number of aromatic nitrogens is 2. The molecule has 9 nitrogen and oxygen atoms in total. The van der Waals surface area contributed by atoms with E-state index in [0.29, 0.717) is 19.2 Å². The Hall–Kier alpha value is -3.82. The monoisotopic (exact) mass is 474 g/mol. The number of hydrogen-bond acceptors (Lipinski definition) is 7. The number of aliphatic carboxylic acids is 1. The zero-order valence-corrected chi connectivity index (χ0v) is 19.0. The van der Waals surface area contributed by atoms with Gasteiger partial charge < -0.3 is 25.2 Å². The second kappa shape index (κ2) is 10.2. The number of hydrogen-bond donors (Lipinski definition) is 3. The molecule has 0 aliphatic carbocycles. The van der Waals surface area contributed by atoms with Crippen LogP contribution in [0.3, 0.4) is 0 Å². The van der Waals surface area contributed by atoms with Crippen LogP contribution in [0.2, 0.25) is 0 Å². The van der Waals surface area contributed by atoms with E-state index in [1.54, 1.807) is 6.20 Å². The lowest BCUT2D eigenvalue weighted by Gasteiger charge is -2.18. The van der Waals surface area contributed by atoms with Crippen LogP contribution >= 0.6 is 0 Å². The molecule has 0 radical (unpaired) electrons. The fourth-order valence-electron chi connectivity index (χ4n) is 4.47. The summed E-state index contributed by atoms with van der Waals surface area (Å²) in [7, 11) is 0. The molecule has 4 atom stereocenters. The van der Waals surface area contributed by atoms with E-state index in [0.717, 1.165) is 22.4 Å². The highest BCUT2D eigenvalue weighted by Gasteiger charge is 2.48. The molecule has 180 valence electrons. The van der Waals surface area contributed by atoms with Crippen LogP contribution in [0.5, 0.6) is 0 Å². The molecule has 3 N–H and O–H groups in total. The van der Waals surface area contributed by atoms with E-state index in [2.05, 4.69) is 44.9 Å². The van der Waals surface area contributed by atoms with Crippen molar-refractivity contribution in [2.75, 3.05) is 18.5 Å². The minimum absolute atomic E-state index is 0.0716. The third-order valence-corrected chi connectivity index (χ3v) is 6.22. The number of carbonyl (C=O) groups excluding carboxylic acids is 1. The molecule has 3 aromatic rings. The van der Waals surface area contributed by atoms with E-state index in [1.165, 1.54) is 0 Å². The van der Waals surface area contributed by atoms with Crippen molar-refractivity contribution in [1.82, 2.24) is 15.3 Å². The summed E-state index contributed by atoms with van der Waals surface area (Å²) in [4.78, 5) is 31.7. The van der Waals surface area contributed by atoms with E-state index in [1.807, 2.05) is 36.4 Å². The van der Waals surface area contributed by atoms with Crippen molar-refractivity contribution < 1.29 is 24.2 Å². The normalized spacial score (nSPS) is 23.0. The first-order valence-corrected chi connectivity index (χ1v) is 11.6. The standard InChI is InChI=1S/C26H26N4O5/c31-22(10-11-23(32)33)28-20-14-34-25-21(15-35-24(20)25)30-26-27-13-12-19(29-26)18-8-6-17(7-9-18)16-4-2-1-3-5-16/h1-9,12-13,20-21,24-25H,10-11,14-15H2,(H,28,31)(H,32,33)(H,27,29,30). The third kappa shape index (κ3) is 5.31. The molecule has 2 fully saturated rings. The highest BCUT2D eigenvalue weighted by Crippen LogP contribution is 2.29. The maximum Gasteiger partial charge on any atom is 0.303 e. The molecule has 2 aliphatic rings. The number of nitrogens with one attached hydrogen (secondary N) is 2. The highest BCUT2D eigenvalue weighted by molar-refractivity contribution is 5.80. The van der Waals surface area contributed by atoms with Crippen LogP contribution in [-0.2, 0) is 19.1 Å². The molecular formula is C26H26N4O5. The summed E-state index contributed by atoms with van der Waals surface area (Å²) >= 11 is 0. The number of rotatable bonds is 8. The van der Waals surface area contributed by atoms with Gasteiger partial charge in [-0.1, -0.05) is 54.6 Å². The smallest absolute Gasteiger partial charge is 0.303 e. The number of carboxylic acid groups (broad SMARTS) is 1. The first-order valence-electron chi connectivity index (χ1n) is 11.6. The lowest BCUT2D eigenvalue weighted by atomic mass is 10.0. The van der Waals surface area contributed by atoms with Gasteiger partial charge >= 0.3 is 5.97 Å². The van der Waals surface area contributed by atoms with Crippen LogP contribution in [0.4, 0.5) is 5.95 Å². The third-order valence-electron chi connectivity index (χ3n) is 6.22. The maximum absolute atomic E-state index is 12.0. The Morgan fingerprint density at radius 2 is 1.51 bits per heavy atom. The van der Waals surface area contributed by atoms with Crippen molar-refractivity contribution in [3.05, 3.63) is 66.9 Å². The number of nitrogens with zero attached hydrogens (tertiary/aromatic N) is 2. The van der Waals surface area contributed by atoms with E-state index in [4.69, 9.17) is 14.6 Å². The second-order valence-corrected chi connectivity index (χ2v) is 8.62. The second-order valence-electron chi connectivity index (χ2n) is 8.62. The maximum atomic E-state index is 12.0. The molecule has 9 heteroatoms. The molecule has 2 saturated heterocycles. The quantitative estimate of drug-likeness (QED) is 0.456. The predicted octanol–water partition coefficient (Wildman–Crippen LogP) is 2.74. The highest BCUT2D eigenvalue weighted by atomic mass is 16.6. The first-order chi connectivity index (χ1) is 17.1. The summed E-state index contributed by atoms with van der Waals surface area (Å²) < 4.78 is 11.8. The SMILES string of the molecule is O=C(O)CCC(=O)NC1COC2C(Nc3nccc(-c4ccc(-c5ccccc5)cc4)n3)COC12. The predicted molar refractivity (Wildman–Crippen MR) is 129 cm³/mol. The molecule has 2 aromatic carbocycles. The minimum atomic E-state index is -1.00. The van der Waals surface area contributed by atoms with Gasteiger partial charge in [0.25, 0.3) is 0 Å². The van der Waals surface area contributed by atoms with Crippen LogP contribution in [0.25, 0.3) is 22.4 Å². The number of amides is 1. The van der Waals surface area contributed by atoms with Crippen LogP contribution in [0.15, 0.2) is 66.9 Å². The fraction of sp³-hybridized carbons (Fsp3) is 0.308. The largest absolute Gasteiger partial charge is 0.481 e. The van der Waals surface area contributed by atoms with E-state index in [-0.39, 0.29) is 43.0 Å². The van der Waals surface area contributed by atoms with Gasteiger partial charge in [-0.15, -0.1) is 0 Å². The van der Waals surface area contributed by atoms with Crippen LogP contribution < -0.4 is 10.6 Å². The number of carbonyl (C=O) groups is 2. The van der Waals surface area contributed by atoms with Gasteiger partial charge in [-0.05, 0) is 17.2 Å². The zero-order valence-electron chi connectivity index (χ0n) is 19.0. The van der Waals surface area contributed by atoms with Crippen molar-refractivity contribution >= 4 is 17.8 Å². The van der Waals surface area contributed by atoms with Crippen LogP contribution in [0.1, 0.15) is 12.8 Å². The van der Waals surface area contributed by atoms with Crippen LogP contribution in [-0.4, -0.2) is 64.5 Å². The fourth-order valence-corrected chi connectivity index (χ4v) is 4.47. The van der Waals surface area contributed by atoms with Gasteiger partial charge in [0.15, 0.2) is 0 Å². The average molecular weight is 475 g/mol. The van der Waals surface area contributed by atoms with Gasteiger partial charge in [0.05, 0.1) is 37.4 Å². The summed E-state index contributed by atoms with van der Waals surface area (Å²) in [5.74, 6) is -0.853. The Balaban J connectivity index is 1.21. The Morgan fingerprint density at radius 3 is 2.26 bits per heavy atom. The molecule has 35 heavy (non-hydrogen) atoms. The van der Waals surface area contributed by atoms with Crippen molar-refractivity contribution in [2.45, 2.75) is 37.1 Å². The molecule has 3 heterocycles. The number of fused-ring (bicyclic) bond motifs is 1. The summed E-state index contributed by atoms with van der Waals surface area (Å²) in [6.45, 7) is 0.692. The number of anilines is 1. The molecule has 0 saturated carbocycles. The van der Waals surface area contributed by atoms with Crippen molar-refractivity contribution in [2.24, 2.45) is 0 Å². The number of carboxylic acids is 1. The average Bonchev–Trinajstić information content (AvgIpc) is 3.47. The topological polar surface area (TPSA) is 123 Å². The molecule has 2 aliphatic heterocycles. The Labute approximate surface area is 202 Å². The molecule has 1 amide bonds. The lowest BCUT2D eigenvalue weighted by Crippen LogP contribution is -2.44. The molecule has 0 bridgehead atoms. The van der Waals surface area contributed by atoms with Gasteiger partial charge in [-0.25, -0.2) is 9.97 Å². The summed E-state index contributed by atoms with van der Waals surface area (Å²) in [5, 5.41) is 14.9. The molecule has 1 aromatic heterocycles. The van der Waals surface area contributed by atoms with Crippen molar-refractivity contribution in [3.8, 4) is 22.4 Å². The van der Waals surface area contributed by atoms with Crippen molar-refractivity contribution in [3.63, 3.8) is 0 Å². The van der Waals surface area contributed by atoms with E-state index in [9.17, 15) is 9.59 Å². The summed E-state index contributed by atoms with van der Waals surface area (Å²) in [6, 6.07) is 19.8. The first kappa shape index (κ1) is 22.9.